The number of amides is 1. The Morgan fingerprint density at radius 2 is 2.26 bits per heavy atom. The lowest BCUT2D eigenvalue weighted by molar-refractivity contribution is 0.102. The highest BCUT2D eigenvalue weighted by atomic mass is 32.1. The molecule has 1 amide bonds. The average molecular weight is 278 g/mol. The molecule has 2 aromatic rings. The van der Waals surface area contributed by atoms with Crippen LogP contribution in [0, 0.1) is 5.92 Å². The Kier molecular flexibility index (Phi) is 4.21. The number of carbonyl (C=O) groups excluding carboxylic acids is 1. The van der Waals surface area contributed by atoms with Crippen molar-refractivity contribution in [2.45, 2.75) is 20.4 Å². The van der Waals surface area contributed by atoms with Crippen LogP contribution in [0.4, 0.5) is 10.9 Å². The Morgan fingerprint density at radius 3 is 2.89 bits per heavy atom. The van der Waals surface area contributed by atoms with E-state index >= 15 is 0 Å². The topological polar surface area (TPSA) is 59.0 Å². The fourth-order valence-electron chi connectivity index (χ4n) is 1.73. The Labute approximate surface area is 116 Å². The number of hydrogen-bond donors (Lipinski definition) is 2. The number of hydrogen-bond acceptors (Lipinski definition) is 4. The van der Waals surface area contributed by atoms with Crippen LogP contribution >= 0.6 is 11.3 Å². The SMILES string of the molecule is CNc1ccc(C(=O)Nc2nccn2CC(C)C)s1. The van der Waals surface area contributed by atoms with E-state index < -0.39 is 0 Å². The summed E-state index contributed by atoms with van der Waals surface area (Å²) in [5.74, 6) is 0.975. The Balaban J connectivity index is 2.08. The molecular formula is C13H18N4OS. The second-order valence-corrected chi connectivity index (χ2v) is 5.75. The normalized spacial score (nSPS) is 10.7. The van der Waals surface area contributed by atoms with E-state index in [1.807, 2.05) is 29.9 Å². The Morgan fingerprint density at radius 1 is 1.47 bits per heavy atom. The standard InChI is InChI=1S/C13H18N4OS/c1-9(2)8-17-7-6-15-13(17)16-12(18)10-4-5-11(14-3)19-10/h4-7,9,14H,8H2,1-3H3,(H,15,16,18). The third kappa shape index (κ3) is 3.35. The molecule has 0 bridgehead atoms. The van der Waals surface area contributed by atoms with Crippen LogP contribution in [0.2, 0.25) is 0 Å². The summed E-state index contributed by atoms with van der Waals surface area (Å²) in [5.41, 5.74) is 0. The highest BCUT2D eigenvalue weighted by molar-refractivity contribution is 7.18. The monoisotopic (exact) mass is 278 g/mol. The number of thiophene rings is 1. The van der Waals surface area contributed by atoms with Crippen molar-refractivity contribution in [2.75, 3.05) is 17.7 Å². The molecule has 2 aromatic heterocycles. The fraction of sp³-hybridized carbons (Fsp3) is 0.385. The molecule has 2 N–H and O–H groups in total. The van der Waals surface area contributed by atoms with Crippen molar-refractivity contribution in [1.29, 1.82) is 0 Å². The molecule has 0 aliphatic heterocycles. The van der Waals surface area contributed by atoms with E-state index in [9.17, 15) is 4.79 Å². The van der Waals surface area contributed by atoms with Gasteiger partial charge in [-0.25, -0.2) is 4.98 Å². The number of nitrogens with zero attached hydrogens (tertiary/aromatic N) is 2. The summed E-state index contributed by atoms with van der Waals surface area (Å²) in [7, 11) is 1.84. The Hall–Kier alpha value is -1.82. The van der Waals surface area contributed by atoms with Gasteiger partial charge in [0, 0.05) is 26.0 Å². The minimum Gasteiger partial charge on any atom is -0.380 e. The van der Waals surface area contributed by atoms with Gasteiger partial charge >= 0.3 is 0 Å². The zero-order chi connectivity index (χ0) is 13.8. The lowest BCUT2D eigenvalue weighted by Gasteiger charge is -2.10. The van der Waals surface area contributed by atoms with Gasteiger partial charge in [0.15, 0.2) is 0 Å². The van der Waals surface area contributed by atoms with Crippen LogP contribution in [0.1, 0.15) is 23.5 Å². The van der Waals surface area contributed by atoms with Gasteiger partial charge in [-0.1, -0.05) is 13.8 Å². The average Bonchev–Trinajstić information content (AvgIpc) is 2.98. The van der Waals surface area contributed by atoms with Crippen molar-refractivity contribution in [2.24, 2.45) is 5.92 Å². The fourth-order valence-corrected chi connectivity index (χ4v) is 2.49. The van der Waals surface area contributed by atoms with Crippen LogP contribution in [0.15, 0.2) is 24.5 Å². The predicted octanol–water partition coefficient (Wildman–Crippen LogP) is 2.89. The zero-order valence-electron chi connectivity index (χ0n) is 11.3. The summed E-state index contributed by atoms with van der Waals surface area (Å²) in [4.78, 5) is 16.9. The molecule has 0 aliphatic rings. The van der Waals surface area contributed by atoms with Crippen molar-refractivity contribution in [3.63, 3.8) is 0 Å². The van der Waals surface area contributed by atoms with Gasteiger partial charge in [-0.15, -0.1) is 11.3 Å². The number of imidazole rings is 1. The van der Waals surface area contributed by atoms with Crippen LogP contribution in [-0.4, -0.2) is 22.5 Å². The van der Waals surface area contributed by atoms with Crippen molar-refractivity contribution >= 4 is 28.2 Å². The third-order valence-electron chi connectivity index (χ3n) is 2.58. The molecular weight excluding hydrogens is 260 g/mol. The first kappa shape index (κ1) is 13.6. The second kappa shape index (κ2) is 5.88. The molecule has 6 heteroatoms. The van der Waals surface area contributed by atoms with E-state index in [4.69, 9.17) is 0 Å². The van der Waals surface area contributed by atoms with Gasteiger partial charge in [-0.2, -0.15) is 0 Å². The first-order valence-corrected chi connectivity index (χ1v) is 7.02. The highest BCUT2D eigenvalue weighted by Gasteiger charge is 2.12. The molecule has 0 saturated carbocycles. The Bertz CT molecular complexity index is 558. The van der Waals surface area contributed by atoms with E-state index in [1.54, 1.807) is 6.20 Å². The van der Waals surface area contributed by atoms with Gasteiger partial charge in [0.2, 0.25) is 5.95 Å². The zero-order valence-corrected chi connectivity index (χ0v) is 12.1. The summed E-state index contributed by atoms with van der Waals surface area (Å²) in [6.45, 7) is 5.09. The molecule has 0 spiro atoms. The smallest absolute Gasteiger partial charge is 0.268 e. The van der Waals surface area contributed by atoms with E-state index in [0.717, 1.165) is 11.5 Å². The van der Waals surface area contributed by atoms with Gasteiger partial charge in [0.05, 0.1) is 9.88 Å². The predicted molar refractivity (Wildman–Crippen MR) is 78.9 cm³/mol. The van der Waals surface area contributed by atoms with Crippen molar-refractivity contribution < 1.29 is 4.79 Å². The van der Waals surface area contributed by atoms with Crippen LogP contribution in [0.25, 0.3) is 0 Å². The second-order valence-electron chi connectivity index (χ2n) is 4.67. The summed E-state index contributed by atoms with van der Waals surface area (Å²) in [5, 5.41) is 6.83. The maximum Gasteiger partial charge on any atom is 0.268 e. The van der Waals surface area contributed by atoms with E-state index in [0.29, 0.717) is 16.7 Å². The summed E-state index contributed by atoms with van der Waals surface area (Å²) >= 11 is 1.42. The molecule has 0 saturated heterocycles. The first-order valence-electron chi connectivity index (χ1n) is 6.20. The molecule has 0 aromatic carbocycles. The minimum absolute atomic E-state index is 0.122. The molecule has 19 heavy (non-hydrogen) atoms. The molecule has 0 aliphatic carbocycles. The van der Waals surface area contributed by atoms with Crippen molar-refractivity contribution in [3.8, 4) is 0 Å². The lowest BCUT2D eigenvalue weighted by Crippen LogP contribution is -2.16. The van der Waals surface area contributed by atoms with Crippen LogP contribution in [-0.2, 0) is 6.54 Å². The largest absolute Gasteiger partial charge is 0.380 e. The van der Waals surface area contributed by atoms with Crippen LogP contribution < -0.4 is 10.6 Å². The number of carbonyl (C=O) groups is 1. The van der Waals surface area contributed by atoms with Crippen LogP contribution in [0.3, 0.4) is 0 Å². The van der Waals surface area contributed by atoms with E-state index in [2.05, 4.69) is 29.5 Å². The first-order chi connectivity index (χ1) is 9.10. The molecule has 0 unspecified atom stereocenters. The molecule has 0 atom stereocenters. The summed E-state index contributed by atoms with van der Waals surface area (Å²) < 4.78 is 1.95. The van der Waals surface area contributed by atoms with Crippen LogP contribution in [0.5, 0.6) is 0 Å². The molecule has 2 heterocycles. The van der Waals surface area contributed by atoms with E-state index in [1.165, 1.54) is 11.3 Å². The van der Waals surface area contributed by atoms with Gasteiger partial charge in [-0.3, -0.25) is 10.1 Å². The highest BCUT2D eigenvalue weighted by Crippen LogP contribution is 2.22. The molecule has 5 nitrogen and oxygen atoms in total. The van der Waals surface area contributed by atoms with Crippen molar-refractivity contribution in [1.82, 2.24) is 9.55 Å². The number of nitrogens with one attached hydrogen (secondary N) is 2. The molecule has 0 fully saturated rings. The summed E-state index contributed by atoms with van der Waals surface area (Å²) in [6, 6.07) is 3.70. The molecule has 0 radical (unpaired) electrons. The third-order valence-corrected chi connectivity index (χ3v) is 3.68. The number of anilines is 2. The maximum atomic E-state index is 12.1. The summed E-state index contributed by atoms with van der Waals surface area (Å²) in [6.07, 6.45) is 3.58. The van der Waals surface area contributed by atoms with Gasteiger partial charge in [0.25, 0.3) is 5.91 Å². The lowest BCUT2D eigenvalue weighted by atomic mass is 10.2. The quantitative estimate of drug-likeness (QED) is 0.884. The maximum absolute atomic E-state index is 12.1. The minimum atomic E-state index is -0.122. The van der Waals surface area contributed by atoms with Gasteiger partial charge in [-0.05, 0) is 18.1 Å². The van der Waals surface area contributed by atoms with E-state index in [-0.39, 0.29) is 5.91 Å². The van der Waals surface area contributed by atoms with Crippen molar-refractivity contribution in [3.05, 3.63) is 29.4 Å². The van der Waals surface area contributed by atoms with Gasteiger partial charge in [0.1, 0.15) is 0 Å². The molecule has 102 valence electrons. The van der Waals surface area contributed by atoms with Gasteiger partial charge < -0.3 is 9.88 Å². The number of aromatic nitrogens is 2. The number of rotatable bonds is 5. The molecule has 2 rings (SSSR count).